The van der Waals surface area contributed by atoms with Crippen LogP contribution in [-0.2, 0) is 17.7 Å². The van der Waals surface area contributed by atoms with Gasteiger partial charge in [-0.2, -0.15) is 5.10 Å². The van der Waals surface area contributed by atoms with Gasteiger partial charge in [0.05, 0.1) is 17.8 Å². The molecule has 1 atom stereocenters. The van der Waals surface area contributed by atoms with E-state index in [2.05, 4.69) is 10.00 Å². The molecule has 0 N–H and O–H groups in total. The maximum atomic E-state index is 12.1. The smallest absolute Gasteiger partial charge is 0.267 e. The molecule has 2 aliphatic rings. The van der Waals surface area contributed by atoms with Crippen LogP contribution in [0, 0.1) is 0 Å². The summed E-state index contributed by atoms with van der Waals surface area (Å²) >= 11 is 0. The van der Waals surface area contributed by atoms with Crippen molar-refractivity contribution in [2.24, 2.45) is 0 Å². The molecule has 1 aromatic rings. The van der Waals surface area contributed by atoms with Gasteiger partial charge >= 0.3 is 0 Å². The number of fused-ring (bicyclic) bond motifs is 1. The summed E-state index contributed by atoms with van der Waals surface area (Å²) < 4.78 is 7.42. The summed E-state index contributed by atoms with van der Waals surface area (Å²) in [5.74, 6) is 0. The molecular weight excluding hydrogens is 266 g/mol. The van der Waals surface area contributed by atoms with E-state index in [4.69, 9.17) is 4.74 Å². The third-order valence-corrected chi connectivity index (χ3v) is 4.41. The molecule has 0 radical (unpaired) electrons. The van der Waals surface area contributed by atoms with Gasteiger partial charge in [-0.05, 0) is 38.7 Å². The minimum Gasteiger partial charge on any atom is -0.377 e. The summed E-state index contributed by atoms with van der Waals surface area (Å²) in [6.45, 7) is 7.71. The average Bonchev–Trinajstić information content (AvgIpc) is 2.47. The average molecular weight is 291 g/mol. The molecule has 5 nitrogen and oxygen atoms in total. The Morgan fingerprint density at radius 1 is 1.43 bits per heavy atom. The van der Waals surface area contributed by atoms with Gasteiger partial charge < -0.3 is 4.74 Å². The Hall–Kier alpha value is -1.20. The molecule has 0 amide bonds. The van der Waals surface area contributed by atoms with Gasteiger partial charge in [-0.25, -0.2) is 4.68 Å². The zero-order valence-corrected chi connectivity index (χ0v) is 13.0. The fourth-order valence-electron chi connectivity index (χ4n) is 3.24. The second-order valence-electron chi connectivity index (χ2n) is 6.47. The van der Waals surface area contributed by atoms with E-state index in [1.807, 2.05) is 13.8 Å². The predicted molar refractivity (Wildman–Crippen MR) is 81.5 cm³/mol. The highest BCUT2D eigenvalue weighted by Crippen LogP contribution is 2.19. The van der Waals surface area contributed by atoms with E-state index in [9.17, 15) is 4.79 Å². The summed E-state index contributed by atoms with van der Waals surface area (Å²) in [6, 6.07) is 1.90. The third kappa shape index (κ3) is 3.35. The summed E-state index contributed by atoms with van der Waals surface area (Å²) in [5.41, 5.74) is 2.20. The molecule has 0 spiro atoms. The first-order chi connectivity index (χ1) is 10.1. The minimum atomic E-state index is 0.0134. The second-order valence-corrected chi connectivity index (χ2v) is 6.47. The van der Waals surface area contributed by atoms with Crippen molar-refractivity contribution >= 4 is 0 Å². The minimum absolute atomic E-state index is 0.0134. The molecule has 3 heterocycles. The van der Waals surface area contributed by atoms with Crippen molar-refractivity contribution in [1.29, 1.82) is 0 Å². The largest absolute Gasteiger partial charge is 0.377 e. The normalized spacial score (nSPS) is 23.3. The molecule has 21 heavy (non-hydrogen) atoms. The molecule has 0 bridgehead atoms. The predicted octanol–water partition coefficient (Wildman–Crippen LogP) is 1.75. The fraction of sp³-hybridized carbons (Fsp3) is 0.750. The Bertz CT molecular complexity index is 547. The van der Waals surface area contributed by atoms with Crippen molar-refractivity contribution in [1.82, 2.24) is 14.7 Å². The van der Waals surface area contributed by atoms with Crippen LogP contribution in [0.1, 0.15) is 50.4 Å². The molecule has 116 valence electrons. The number of aromatic nitrogens is 2. The number of rotatable bonds is 3. The standard InChI is InChI=1S/C16H25N3O2/c1-12(2)19-16(20)9-13-10-18(7-6-15(13)17-19)11-14-5-3-4-8-21-14/h9,12,14H,3-8,10-11H2,1-2H3/t14-/m0/s1. The lowest BCUT2D eigenvalue weighted by Gasteiger charge is -2.33. The molecule has 0 aromatic carbocycles. The van der Waals surface area contributed by atoms with E-state index in [0.29, 0.717) is 6.10 Å². The molecule has 1 aromatic heterocycles. The van der Waals surface area contributed by atoms with Crippen LogP contribution in [0.25, 0.3) is 0 Å². The van der Waals surface area contributed by atoms with Crippen LogP contribution in [0.2, 0.25) is 0 Å². The van der Waals surface area contributed by atoms with E-state index in [-0.39, 0.29) is 11.6 Å². The first kappa shape index (κ1) is 14.7. The lowest BCUT2D eigenvalue weighted by Crippen LogP contribution is -2.40. The summed E-state index contributed by atoms with van der Waals surface area (Å²) in [7, 11) is 0. The highest BCUT2D eigenvalue weighted by atomic mass is 16.5. The van der Waals surface area contributed by atoms with Crippen LogP contribution in [0.15, 0.2) is 10.9 Å². The summed E-state index contributed by atoms with van der Waals surface area (Å²) in [5, 5.41) is 4.54. The molecular formula is C16H25N3O2. The van der Waals surface area contributed by atoms with Gasteiger partial charge in [0.1, 0.15) is 0 Å². The molecule has 3 rings (SSSR count). The van der Waals surface area contributed by atoms with Crippen molar-refractivity contribution in [3.05, 3.63) is 27.7 Å². The van der Waals surface area contributed by atoms with Crippen molar-refractivity contribution in [2.45, 2.75) is 58.2 Å². The molecule has 2 aliphatic heterocycles. The van der Waals surface area contributed by atoms with Crippen LogP contribution in [0.4, 0.5) is 0 Å². The van der Waals surface area contributed by atoms with Gasteiger partial charge in [0, 0.05) is 38.7 Å². The highest BCUT2D eigenvalue weighted by molar-refractivity contribution is 5.20. The van der Waals surface area contributed by atoms with Gasteiger partial charge in [0.2, 0.25) is 0 Å². The quantitative estimate of drug-likeness (QED) is 0.851. The van der Waals surface area contributed by atoms with Crippen molar-refractivity contribution in [3.8, 4) is 0 Å². The highest BCUT2D eigenvalue weighted by Gasteiger charge is 2.23. The van der Waals surface area contributed by atoms with Gasteiger partial charge in [-0.3, -0.25) is 9.69 Å². The number of ether oxygens (including phenoxy) is 1. The van der Waals surface area contributed by atoms with Crippen LogP contribution in [0.3, 0.4) is 0 Å². The van der Waals surface area contributed by atoms with E-state index < -0.39 is 0 Å². The summed E-state index contributed by atoms with van der Waals surface area (Å²) in [6.07, 6.45) is 4.92. The monoisotopic (exact) mass is 291 g/mol. The number of nitrogens with zero attached hydrogens (tertiary/aromatic N) is 3. The van der Waals surface area contributed by atoms with Crippen molar-refractivity contribution in [2.75, 3.05) is 19.7 Å². The summed E-state index contributed by atoms with van der Waals surface area (Å²) in [4.78, 5) is 14.5. The molecule has 0 unspecified atom stereocenters. The SMILES string of the molecule is CC(C)n1nc2c(cc1=O)CN(C[C@@H]1CCCCO1)CC2. The fourth-order valence-corrected chi connectivity index (χ4v) is 3.24. The third-order valence-electron chi connectivity index (χ3n) is 4.41. The molecule has 1 saturated heterocycles. The van der Waals surface area contributed by atoms with E-state index >= 15 is 0 Å². The zero-order chi connectivity index (χ0) is 14.8. The molecule has 5 heteroatoms. The van der Waals surface area contributed by atoms with Gasteiger partial charge in [0.25, 0.3) is 5.56 Å². The lowest BCUT2D eigenvalue weighted by atomic mass is 10.0. The first-order valence-corrected chi connectivity index (χ1v) is 8.09. The molecule has 0 aliphatic carbocycles. The van der Waals surface area contributed by atoms with E-state index in [1.165, 1.54) is 12.8 Å². The van der Waals surface area contributed by atoms with Gasteiger partial charge in [0.15, 0.2) is 0 Å². The number of hydrogen-bond donors (Lipinski definition) is 0. The Balaban J connectivity index is 1.70. The number of hydrogen-bond acceptors (Lipinski definition) is 4. The van der Waals surface area contributed by atoms with Crippen molar-refractivity contribution < 1.29 is 4.74 Å². The topological polar surface area (TPSA) is 47.4 Å². The molecule has 1 fully saturated rings. The molecule has 0 saturated carbocycles. The van der Waals surface area contributed by atoms with Gasteiger partial charge in [-0.15, -0.1) is 0 Å². The van der Waals surface area contributed by atoms with Gasteiger partial charge in [-0.1, -0.05) is 0 Å². The van der Waals surface area contributed by atoms with Crippen LogP contribution < -0.4 is 5.56 Å². The lowest BCUT2D eigenvalue weighted by molar-refractivity contribution is -0.00820. The Morgan fingerprint density at radius 3 is 3.00 bits per heavy atom. The Labute approximate surface area is 125 Å². The van der Waals surface area contributed by atoms with Crippen molar-refractivity contribution in [3.63, 3.8) is 0 Å². The first-order valence-electron chi connectivity index (χ1n) is 8.09. The van der Waals surface area contributed by atoms with Crippen LogP contribution in [-0.4, -0.2) is 40.5 Å². The Morgan fingerprint density at radius 2 is 2.29 bits per heavy atom. The van der Waals surface area contributed by atoms with Crippen LogP contribution >= 0.6 is 0 Å². The van der Waals surface area contributed by atoms with Crippen LogP contribution in [0.5, 0.6) is 0 Å². The van der Waals surface area contributed by atoms with E-state index in [0.717, 1.165) is 50.3 Å². The Kier molecular flexibility index (Phi) is 4.40. The second kappa shape index (κ2) is 6.28. The maximum absolute atomic E-state index is 12.1. The zero-order valence-electron chi connectivity index (χ0n) is 13.0. The maximum Gasteiger partial charge on any atom is 0.267 e. The van der Waals surface area contributed by atoms with E-state index in [1.54, 1.807) is 10.7 Å².